The zero-order valence-corrected chi connectivity index (χ0v) is 19.1. The molecule has 1 aromatic carbocycles. The zero-order valence-electron chi connectivity index (χ0n) is 18.4. The van der Waals surface area contributed by atoms with Crippen LogP contribution >= 0.6 is 11.6 Å². The van der Waals surface area contributed by atoms with E-state index in [-0.39, 0.29) is 5.82 Å². The van der Waals surface area contributed by atoms with E-state index in [1.807, 2.05) is 13.8 Å². The standard InChI is InChI=1S/C22H23ClFN7O/c1-12-18(22(3,4)32)13(2)31(28-12)17-10-16(25-11-26-17)27-21-19(23)20(29-30(21)5)14-6-8-15(24)9-7-14/h6-11,32H,1-5H3,(H,25,26,27). The Hall–Kier alpha value is -3.30. The predicted octanol–water partition coefficient (Wildman–Crippen LogP) is 4.44. The Balaban J connectivity index is 1.69. The van der Waals surface area contributed by atoms with Crippen LogP contribution in [-0.2, 0) is 12.6 Å². The lowest BCUT2D eigenvalue weighted by atomic mass is 9.96. The minimum Gasteiger partial charge on any atom is -0.386 e. The first-order chi connectivity index (χ1) is 15.1. The third-order valence-corrected chi connectivity index (χ3v) is 5.48. The monoisotopic (exact) mass is 455 g/mol. The van der Waals surface area contributed by atoms with E-state index in [9.17, 15) is 9.50 Å². The fourth-order valence-corrected chi connectivity index (χ4v) is 4.15. The molecule has 0 atom stereocenters. The molecule has 166 valence electrons. The predicted molar refractivity (Wildman–Crippen MR) is 121 cm³/mol. The summed E-state index contributed by atoms with van der Waals surface area (Å²) < 4.78 is 16.5. The van der Waals surface area contributed by atoms with Crippen LogP contribution in [-0.4, -0.2) is 34.6 Å². The van der Waals surface area contributed by atoms with Crippen molar-refractivity contribution >= 4 is 23.2 Å². The lowest BCUT2D eigenvalue weighted by Gasteiger charge is -2.18. The first kappa shape index (κ1) is 21.9. The van der Waals surface area contributed by atoms with Crippen molar-refractivity contribution in [1.82, 2.24) is 29.5 Å². The van der Waals surface area contributed by atoms with Crippen LogP contribution in [0.25, 0.3) is 17.1 Å². The first-order valence-corrected chi connectivity index (χ1v) is 10.3. The molecule has 0 fully saturated rings. The van der Waals surface area contributed by atoms with Gasteiger partial charge in [0.05, 0.1) is 11.3 Å². The molecule has 3 heterocycles. The van der Waals surface area contributed by atoms with Crippen molar-refractivity contribution in [2.45, 2.75) is 33.3 Å². The molecule has 0 saturated carbocycles. The Morgan fingerprint density at radius 1 is 1.09 bits per heavy atom. The van der Waals surface area contributed by atoms with Crippen LogP contribution in [0.5, 0.6) is 0 Å². The van der Waals surface area contributed by atoms with Gasteiger partial charge in [0.1, 0.15) is 34.5 Å². The molecule has 8 nitrogen and oxygen atoms in total. The van der Waals surface area contributed by atoms with Crippen LogP contribution in [0.15, 0.2) is 36.7 Å². The maximum atomic E-state index is 13.3. The largest absolute Gasteiger partial charge is 0.386 e. The number of aromatic nitrogens is 6. The van der Waals surface area contributed by atoms with Crippen LogP contribution in [0.3, 0.4) is 0 Å². The summed E-state index contributed by atoms with van der Waals surface area (Å²) in [4.78, 5) is 8.61. The summed E-state index contributed by atoms with van der Waals surface area (Å²) in [6.45, 7) is 7.19. The van der Waals surface area contributed by atoms with E-state index in [0.717, 1.165) is 17.0 Å². The number of hydrogen-bond donors (Lipinski definition) is 2. The molecule has 2 N–H and O–H groups in total. The highest BCUT2D eigenvalue weighted by Crippen LogP contribution is 2.35. The first-order valence-electron chi connectivity index (χ1n) is 9.93. The summed E-state index contributed by atoms with van der Waals surface area (Å²) >= 11 is 6.58. The Kier molecular flexibility index (Phi) is 5.47. The van der Waals surface area contributed by atoms with Crippen molar-refractivity contribution in [3.8, 4) is 17.1 Å². The average molecular weight is 456 g/mol. The fraction of sp³-hybridized carbons (Fsp3) is 0.273. The van der Waals surface area contributed by atoms with Crippen LogP contribution in [0, 0.1) is 19.7 Å². The molecule has 0 spiro atoms. The number of halogens is 2. The molecule has 0 unspecified atom stereocenters. The van der Waals surface area contributed by atoms with Gasteiger partial charge in [-0.05, 0) is 52.0 Å². The molecule has 0 bridgehead atoms. The molecule has 0 radical (unpaired) electrons. The van der Waals surface area contributed by atoms with Crippen LogP contribution in [0.4, 0.5) is 16.0 Å². The smallest absolute Gasteiger partial charge is 0.159 e. The van der Waals surface area contributed by atoms with E-state index in [1.54, 1.807) is 48.5 Å². The second-order valence-electron chi connectivity index (χ2n) is 8.04. The van der Waals surface area contributed by atoms with Crippen LogP contribution in [0.1, 0.15) is 30.8 Å². The number of anilines is 2. The van der Waals surface area contributed by atoms with Crippen molar-refractivity contribution in [3.05, 3.63) is 64.5 Å². The number of nitrogens with one attached hydrogen (secondary N) is 1. The van der Waals surface area contributed by atoms with E-state index in [1.165, 1.54) is 18.5 Å². The normalized spacial score (nSPS) is 11.8. The fourth-order valence-electron chi connectivity index (χ4n) is 3.83. The maximum Gasteiger partial charge on any atom is 0.159 e. The van der Waals surface area contributed by atoms with Gasteiger partial charge in [-0.3, -0.25) is 4.68 Å². The summed E-state index contributed by atoms with van der Waals surface area (Å²) in [7, 11) is 1.75. The van der Waals surface area contributed by atoms with Gasteiger partial charge in [0.2, 0.25) is 0 Å². The topological polar surface area (TPSA) is 93.7 Å². The molecule has 0 aliphatic heterocycles. The third-order valence-electron chi connectivity index (χ3n) is 5.13. The highest BCUT2D eigenvalue weighted by molar-refractivity contribution is 6.35. The van der Waals surface area contributed by atoms with Crippen molar-refractivity contribution in [3.63, 3.8) is 0 Å². The lowest BCUT2D eigenvalue weighted by molar-refractivity contribution is 0.0772. The molecule has 4 rings (SSSR count). The van der Waals surface area contributed by atoms with Gasteiger partial charge in [0.25, 0.3) is 0 Å². The molecular formula is C22H23ClFN7O. The molecule has 0 amide bonds. The molecule has 10 heteroatoms. The Bertz CT molecular complexity index is 1290. The minimum absolute atomic E-state index is 0.329. The van der Waals surface area contributed by atoms with Crippen LogP contribution in [0.2, 0.25) is 5.02 Å². The van der Waals surface area contributed by atoms with E-state index in [2.05, 4.69) is 25.5 Å². The summed E-state index contributed by atoms with van der Waals surface area (Å²) in [6, 6.07) is 7.70. The molecule has 32 heavy (non-hydrogen) atoms. The second-order valence-corrected chi connectivity index (χ2v) is 8.42. The van der Waals surface area contributed by atoms with Crippen LogP contribution < -0.4 is 5.32 Å². The Morgan fingerprint density at radius 2 is 1.78 bits per heavy atom. The Morgan fingerprint density at radius 3 is 2.41 bits per heavy atom. The molecule has 4 aromatic rings. The zero-order chi connectivity index (χ0) is 23.2. The van der Waals surface area contributed by atoms with E-state index in [0.29, 0.717) is 33.7 Å². The second kappa shape index (κ2) is 7.99. The summed E-state index contributed by atoms with van der Waals surface area (Å²) in [5.74, 6) is 1.23. The highest BCUT2D eigenvalue weighted by atomic mass is 35.5. The quantitative estimate of drug-likeness (QED) is 0.462. The van der Waals surface area contributed by atoms with E-state index in [4.69, 9.17) is 11.6 Å². The van der Waals surface area contributed by atoms with Crippen molar-refractivity contribution in [2.24, 2.45) is 7.05 Å². The molecule has 0 aliphatic rings. The summed E-state index contributed by atoms with van der Waals surface area (Å²) in [6.07, 6.45) is 1.42. The minimum atomic E-state index is -1.03. The van der Waals surface area contributed by atoms with Gasteiger partial charge >= 0.3 is 0 Å². The summed E-state index contributed by atoms with van der Waals surface area (Å²) in [5.41, 5.74) is 2.46. The van der Waals surface area contributed by atoms with Gasteiger partial charge in [-0.2, -0.15) is 10.2 Å². The van der Waals surface area contributed by atoms with Crippen molar-refractivity contribution < 1.29 is 9.50 Å². The number of benzene rings is 1. The average Bonchev–Trinajstić information content (AvgIpc) is 3.18. The van der Waals surface area contributed by atoms with E-state index >= 15 is 0 Å². The van der Waals surface area contributed by atoms with Gasteiger partial charge in [0, 0.05) is 29.9 Å². The van der Waals surface area contributed by atoms with Crippen molar-refractivity contribution in [1.29, 1.82) is 0 Å². The number of aryl methyl sites for hydroxylation is 2. The van der Waals surface area contributed by atoms with Gasteiger partial charge in [-0.1, -0.05) is 11.6 Å². The SMILES string of the molecule is Cc1nn(-c2cc(Nc3c(Cl)c(-c4ccc(F)cc4)nn3C)ncn2)c(C)c1C(C)(C)O. The highest BCUT2D eigenvalue weighted by Gasteiger charge is 2.26. The summed E-state index contributed by atoms with van der Waals surface area (Å²) in [5, 5.41) is 23.0. The maximum absolute atomic E-state index is 13.3. The van der Waals surface area contributed by atoms with Gasteiger partial charge in [-0.25, -0.2) is 19.0 Å². The number of hydrogen-bond acceptors (Lipinski definition) is 6. The van der Waals surface area contributed by atoms with Gasteiger partial charge in [0.15, 0.2) is 5.82 Å². The lowest BCUT2D eigenvalue weighted by Crippen LogP contribution is -2.18. The van der Waals surface area contributed by atoms with Gasteiger partial charge < -0.3 is 10.4 Å². The number of nitrogens with zero attached hydrogens (tertiary/aromatic N) is 6. The molecule has 0 aliphatic carbocycles. The van der Waals surface area contributed by atoms with E-state index < -0.39 is 5.60 Å². The molecule has 3 aromatic heterocycles. The number of rotatable bonds is 5. The van der Waals surface area contributed by atoms with Gasteiger partial charge in [-0.15, -0.1) is 0 Å². The molecule has 0 saturated heterocycles. The Labute approximate surface area is 189 Å². The third kappa shape index (κ3) is 3.96. The van der Waals surface area contributed by atoms with Crippen molar-refractivity contribution in [2.75, 3.05) is 5.32 Å². The molecular weight excluding hydrogens is 433 g/mol. The number of aliphatic hydroxyl groups is 1.